The molecule has 0 aliphatic heterocycles. The van der Waals surface area contributed by atoms with E-state index in [9.17, 15) is 0 Å². The molecule has 0 atom stereocenters. The van der Waals surface area contributed by atoms with E-state index in [4.69, 9.17) is 9.47 Å². The highest BCUT2D eigenvalue weighted by molar-refractivity contribution is 5.85. The van der Waals surface area contributed by atoms with Crippen molar-refractivity contribution in [2.24, 2.45) is 0 Å². The van der Waals surface area contributed by atoms with E-state index in [1.165, 1.54) is 21.9 Å². The van der Waals surface area contributed by atoms with Gasteiger partial charge in [-0.25, -0.2) is 0 Å². The van der Waals surface area contributed by atoms with E-state index < -0.39 is 0 Å². The topological polar surface area (TPSA) is 50.0 Å². The fraction of sp³-hybridized carbons (Fsp3) is 0.200. The van der Waals surface area contributed by atoms with Gasteiger partial charge in [-0.05, 0) is 61.4 Å². The van der Waals surface area contributed by atoms with E-state index in [0.29, 0.717) is 0 Å². The lowest BCUT2D eigenvalue weighted by atomic mass is 10.2. The average Bonchev–Trinajstić information content (AvgIpc) is 3.18. The van der Waals surface area contributed by atoms with Crippen LogP contribution < -0.4 is 9.47 Å². The molecule has 2 heterocycles. The van der Waals surface area contributed by atoms with Crippen LogP contribution in [-0.2, 0) is 0 Å². The second kappa shape index (κ2) is 6.71. The molecule has 0 aliphatic carbocycles. The van der Waals surface area contributed by atoms with Gasteiger partial charge in [-0.1, -0.05) is 0 Å². The van der Waals surface area contributed by atoms with E-state index >= 15 is 0 Å². The van der Waals surface area contributed by atoms with Crippen molar-refractivity contribution in [2.45, 2.75) is 13.8 Å². The standard InChI is InChI=1S/2C10H11NO/c2*1-7-6-11-10-4-3-8(12-2)5-9(7)10/h2*3-6,11H,1-2H3. The molecule has 4 aromatic rings. The molecule has 4 nitrogen and oxygen atoms in total. The minimum atomic E-state index is 0.908. The fourth-order valence-electron chi connectivity index (χ4n) is 2.73. The van der Waals surface area contributed by atoms with Crippen molar-refractivity contribution in [3.8, 4) is 11.5 Å². The van der Waals surface area contributed by atoms with Crippen molar-refractivity contribution in [3.63, 3.8) is 0 Å². The SMILES string of the molecule is COc1ccc2[nH]cc(C)c2c1.COc1ccc2[nH]cc(C)c2c1. The van der Waals surface area contributed by atoms with E-state index in [2.05, 4.69) is 23.8 Å². The lowest BCUT2D eigenvalue weighted by Crippen LogP contribution is -1.81. The number of aromatic amines is 2. The number of fused-ring (bicyclic) bond motifs is 2. The third-order valence-corrected chi connectivity index (χ3v) is 4.19. The Labute approximate surface area is 141 Å². The summed E-state index contributed by atoms with van der Waals surface area (Å²) in [6, 6.07) is 12.1. The molecule has 0 unspecified atom stereocenters. The fourth-order valence-corrected chi connectivity index (χ4v) is 2.73. The highest BCUT2D eigenvalue weighted by Crippen LogP contribution is 2.23. The van der Waals surface area contributed by atoms with Crippen LogP contribution in [0.5, 0.6) is 11.5 Å². The molecule has 4 rings (SSSR count). The van der Waals surface area contributed by atoms with Crippen molar-refractivity contribution < 1.29 is 9.47 Å². The number of nitrogens with one attached hydrogen (secondary N) is 2. The zero-order chi connectivity index (χ0) is 17.1. The molecule has 0 spiro atoms. The number of hydrogen-bond donors (Lipinski definition) is 2. The maximum Gasteiger partial charge on any atom is 0.119 e. The summed E-state index contributed by atoms with van der Waals surface area (Å²) < 4.78 is 10.3. The number of methoxy groups -OCH3 is 2. The normalized spacial score (nSPS) is 10.5. The molecule has 2 N–H and O–H groups in total. The number of aromatic nitrogens is 2. The van der Waals surface area contributed by atoms with Crippen LogP contribution >= 0.6 is 0 Å². The highest BCUT2D eigenvalue weighted by atomic mass is 16.5. The monoisotopic (exact) mass is 322 g/mol. The summed E-state index contributed by atoms with van der Waals surface area (Å²) in [5, 5.41) is 2.46. The highest BCUT2D eigenvalue weighted by Gasteiger charge is 2.00. The molecule has 0 saturated carbocycles. The van der Waals surface area contributed by atoms with Crippen molar-refractivity contribution >= 4 is 21.8 Å². The number of H-pyrrole nitrogens is 2. The van der Waals surface area contributed by atoms with Gasteiger partial charge in [0, 0.05) is 34.2 Å². The van der Waals surface area contributed by atoms with Gasteiger partial charge in [0.2, 0.25) is 0 Å². The van der Waals surface area contributed by atoms with Crippen LogP contribution in [0.4, 0.5) is 0 Å². The van der Waals surface area contributed by atoms with Gasteiger partial charge < -0.3 is 19.4 Å². The zero-order valence-corrected chi connectivity index (χ0v) is 14.4. The molecular formula is C20H22N2O2. The Bertz CT molecular complexity index is 886. The summed E-state index contributed by atoms with van der Waals surface area (Å²) in [7, 11) is 3.37. The molecular weight excluding hydrogens is 300 g/mol. The molecule has 0 bridgehead atoms. The van der Waals surface area contributed by atoms with Crippen LogP contribution in [0.15, 0.2) is 48.8 Å². The molecule has 2 aromatic carbocycles. The lowest BCUT2D eigenvalue weighted by molar-refractivity contribution is 0.415. The first-order valence-corrected chi connectivity index (χ1v) is 7.86. The Hall–Kier alpha value is -2.88. The quantitative estimate of drug-likeness (QED) is 0.547. The first kappa shape index (κ1) is 16.0. The summed E-state index contributed by atoms with van der Waals surface area (Å²) >= 11 is 0. The number of hydrogen-bond acceptors (Lipinski definition) is 2. The van der Waals surface area contributed by atoms with Gasteiger partial charge >= 0.3 is 0 Å². The molecule has 4 heteroatoms. The molecule has 0 amide bonds. The van der Waals surface area contributed by atoms with Gasteiger partial charge in [-0.2, -0.15) is 0 Å². The molecule has 2 aromatic heterocycles. The predicted octanol–water partition coefficient (Wildman–Crippen LogP) is 4.97. The number of aryl methyl sites for hydroxylation is 2. The number of rotatable bonds is 2. The second-order valence-corrected chi connectivity index (χ2v) is 5.77. The minimum Gasteiger partial charge on any atom is -0.497 e. The maximum absolute atomic E-state index is 5.13. The van der Waals surface area contributed by atoms with E-state index in [-0.39, 0.29) is 0 Å². The molecule has 0 fully saturated rings. The zero-order valence-electron chi connectivity index (χ0n) is 14.4. The average molecular weight is 322 g/mol. The Morgan fingerprint density at radius 3 is 1.46 bits per heavy atom. The molecule has 24 heavy (non-hydrogen) atoms. The first-order chi connectivity index (χ1) is 11.6. The van der Waals surface area contributed by atoms with Crippen molar-refractivity contribution in [2.75, 3.05) is 14.2 Å². The summed E-state index contributed by atoms with van der Waals surface area (Å²) in [6.07, 6.45) is 4.01. The van der Waals surface area contributed by atoms with Gasteiger partial charge in [-0.15, -0.1) is 0 Å². The van der Waals surface area contributed by atoms with Crippen LogP contribution in [0, 0.1) is 13.8 Å². The Balaban J connectivity index is 0.000000141. The van der Waals surface area contributed by atoms with Gasteiger partial charge in [-0.3, -0.25) is 0 Å². The largest absolute Gasteiger partial charge is 0.497 e. The first-order valence-electron chi connectivity index (χ1n) is 7.86. The van der Waals surface area contributed by atoms with Crippen LogP contribution in [0.25, 0.3) is 21.8 Å². The Morgan fingerprint density at radius 2 is 1.08 bits per heavy atom. The smallest absolute Gasteiger partial charge is 0.119 e. The van der Waals surface area contributed by atoms with Gasteiger partial charge in [0.05, 0.1) is 14.2 Å². The molecule has 0 aliphatic rings. The van der Waals surface area contributed by atoms with Crippen molar-refractivity contribution in [1.82, 2.24) is 9.97 Å². The summed E-state index contributed by atoms with van der Waals surface area (Å²) in [5.74, 6) is 1.82. The Morgan fingerprint density at radius 1 is 0.667 bits per heavy atom. The minimum absolute atomic E-state index is 0.908. The molecule has 0 radical (unpaired) electrons. The van der Waals surface area contributed by atoms with Crippen LogP contribution in [-0.4, -0.2) is 24.2 Å². The number of benzene rings is 2. The lowest BCUT2D eigenvalue weighted by Gasteiger charge is -1.98. The summed E-state index contributed by atoms with van der Waals surface area (Å²) in [5.41, 5.74) is 4.83. The van der Waals surface area contributed by atoms with Crippen LogP contribution in [0.3, 0.4) is 0 Å². The van der Waals surface area contributed by atoms with Crippen molar-refractivity contribution in [3.05, 3.63) is 59.9 Å². The van der Waals surface area contributed by atoms with Crippen LogP contribution in [0.2, 0.25) is 0 Å². The maximum atomic E-state index is 5.13. The third kappa shape index (κ3) is 3.08. The number of ether oxygens (including phenoxy) is 2. The Kier molecular flexibility index (Phi) is 4.47. The second-order valence-electron chi connectivity index (χ2n) is 5.77. The molecule has 124 valence electrons. The van der Waals surface area contributed by atoms with Crippen LogP contribution in [0.1, 0.15) is 11.1 Å². The van der Waals surface area contributed by atoms with Gasteiger partial charge in [0.15, 0.2) is 0 Å². The van der Waals surface area contributed by atoms with E-state index in [1.807, 2.05) is 48.8 Å². The van der Waals surface area contributed by atoms with E-state index in [0.717, 1.165) is 22.5 Å². The van der Waals surface area contributed by atoms with E-state index in [1.54, 1.807) is 14.2 Å². The van der Waals surface area contributed by atoms with Gasteiger partial charge in [0.25, 0.3) is 0 Å². The van der Waals surface area contributed by atoms with Gasteiger partial charge in [0.1, 0.15) is 11.5 Å². The summed E-state index contributed by atoms with van der Waals surface area (Å²) in [6.45, 7) is 4.16. The predicted molar refractivity (Wildman–Crippen MR) is 99.2 cm³/mol. The van der Waals surface area contributed by atoms with Crippen molar-refractivity contribution in [1.29, 1.82) is 0 Å². The summed E-state index contributed by atoms with van der Waals surface area (Å²) in [4.78, 5) is 6.37. The molecule has 0 saturated heterocycles. The third-order valence-electron chi connectivity index (χ3n) is 4.19.